The van der Waals surface area contributed by atoms with Gasteiger partial charge in [0.1, 0.15) is 0 Å². The molecule has 19 heavy (non-hydrogen) atoms. The molecule has 2 N–H and O–H groups in total. The summed E-state index contributed by atoms with van der Waals surface area (Å²) in [5.74, 6) is 0.889. The first kappa shape index (κ1) is 13.7. The molecular weight excluding hydrogens is 242 g/mol. The molecule has 0 unspecified atom stereocenters. The average Bonchev–Trinajstić information content (AvgIpc) is 2.42. The van der Waals surface area contributed by atoms with Gasteiger partial charge < -0.3 is 15.2 Å². The first-order valence-corrected chi connectivity index (χ1v) is 6.89. The van der Waals surface area contributed by atoms with E-state index < -0.39 is 5.60 Å². The van der Waals surface area contributed by atoms with Gasteiger partial charge in [-0.25, -0.2) is 0 Å². The number of hydrogen-bond donors (Lipinski definition) is 1. The van der Waals surface area contributed by atoms with E-state index in [1.165, 1.54) is 0 Å². The Morgan fingerprint density at radius 3 is 2.42 bits per heavy atom. The topological polar surface area (TPSA) is 61.6 Å². The first-order valence-electron chi connectivity index (χ1n) is 6.89. The second kappa shape index (κ2) is 5.95. The van der Waals surface area contributed by atoms with Gasteiger partial charge in [-0.1, -0.05) is 18.6 Å². The summed E-state index contributed by atoms with van der Waals surface area (Å²) >= 11 is 0. The van der Waals surface area contributed by atoms with Crippen LogP contribution in [0.25, 0.3) is 0 Å². The van der Waals surface area contributed by atoms with E-state index in [0.29, 0.717) is 30.9 Å². The number of ether oxygens (including phenoxy) is 2. The molecule has 0 radical (unpaired) electrons. The molecule has 104 valence electrons. The molecule has 0 bridgehead atoms. The van der Waals surface area contributed by atoms with Crippen LogP contribution >= 0.6 is 0 Å². The molecule has 2 rings (SSSR count). The number of carbonyl (C=O) groups is 1. The summed E-state index contributed by atoms with van der Waals surface area (Å²) in [5, 5.41) is 0. The molecule has 0 aromatic heterocycles. The van der Waals surface area contributed by atoms with E-state index >= 15 is 0 Å². The molecule has 1 aliphatic carbocycles. The van der Waals surface area contributed by atoms with Crippen LogP contribution in [-0.2, 0) is 4.79 Å². The van der Waals surface area contributed by atoms with Crippen LogP contribution in [0.4, 0.5) is 0 Å². The molecule has 1 aromatic carbocycles. The Bertz CT molecular complexity index is 439. The zero-order valence-electron chi connectivity index (χ0n) is 11.4. The quantitative estimate of drug-likeness (QED) is 0.888. The van der Waals surface area contributed by atoms with Crippen LogP contribution in [0.2, 0.25) is 0 Å². The van der Waals surface area contributed by atoms with E-state index in [-0.39, 0.29) is 5.91 Å². The zero-order chi connectivity index (χ0) is 13.7. The van der Waals surface area contributed by atoms with Crippen LogP contribution < -0.4 is 15.2 Å². The number of para-hydroxylation sites is 2. The van der Waals surface area contributed by atoms with Gasteiger partial charge >= 0.3 is 0 Å². The van der Waals surface area contributed by atoms with Crippen molar-refractivity contribution >= 4 is 5.91 Å². The fourth-order valence-corrected chi connectivity index (χ4v) is 2.54. The number of primary amides is 1. The van der Waals surface area contributed by atoms with Crippen molar-refractivity contribution in [3.63, 3.8) is 0 Å². The third-order valence-electron chi connectivity index (χ3n) is 3.56. The third kappa shape index (κ3) is 3.00. The van der Waals surface area contributed by atoms with Crippen LogP contribution in [0, 0.1) is 0 Å². The maximum absolute atomic E-state index is 11.8. The van der Waals surface area contributed by atoms with Crippen LogP contribution in [-0.4, -0.2) is 18.1 Å². The highest BCUT2D eigenvalue weighted by molar-refractivity contribution is 5.84. The summed E-state index contributed by atoms with van der Waals surface area (Å²) in [7, 11) is 0. The largest absolute Gasteiger partial charge is 0.490 e. The molecule has 1 aromatic rings. The van der Waals surface area contributed by atoms with Crippen molar-refractivity contribution < 1.29 is 14.3 Å². The lowest BCUT2D eigenvalue weighted by atomic mass is 9.84. The zero-order valence-corrected chi connectivity index (χ0v) is 11.4. The lowest BCUT2D eigenvalue weighted by molar-refractivity contribution is -0.136. The summed E-state index contributed by atoms with van der Waals surface area (Å²) in [6, 6.07) is 7.42. The van der Waals surface area contributed by atoms with Crippen LogP contribution in [0.15, 0.2) is 24.3 Å². The van der Waals surface area contributed by atoms with E-state index in [0.717, 1.165) is 19.3 Å². The Kier molecular flexibility index (Phi) is 4.30. The molecule has 4 nitrogen and oxygen atoms in total. The highest BCUT2D eigenvalue weighted by atomic mass is 16.5. The van der Waals surface area contributed by atoms with Gasteiger partial charge in [-0.2, -0.15) is 0 Å². The third-order valence-corrected chi connectivity index (χ3v) is 3.56. The molecule has 1 fully saturated rings. The van der Waals surface area contributed by atoms with Crippen molar-refractivity contribution in [2.45, 2.75) is 44.6 Å². The van der Waals surface area contributed by atoms with Gasteiger partial charge in [-0.05, 0) is 44.7 Å². The van der Waals surface area contributed by atoms with Crippen molar-refractivity contribution in [1.29, 1.82) is 0 Å². The second-order valence-corrected chi connectivity index (χ2v) is 4.90. The van der Waals surface area contributed by atoms with Gasteiger partial charge in [0.2, 0.25) is 0 Å². The van der Waals surface area contributed by atoms with Crippen molar-refractivity contribution in [3.05, 3.63) is 24.3 Å². The molecule has 1 aliphatic rings. The van der Waals surface area contributed by atoms with Gasteiger partial charge in [-0.15, -0.1) is 0 Å². The van der Waals surface area contributed by atoms with Gasteiger partial charge in [0.25, 0.3) is 5.91 Å². The summed E-state index contributed by atoms with van der Waals surface area (Å²) in [5.41, 5.74) is 4.70. The van der Waals surface area contributed by atoms with Gasteiger partial charge in [0.15, 0.2) is 17.1 Å². The van der Waals surface area contributed by atoms with E-state index in [2.05, 4.69) is 0 Å². The number of benzene rings is 1. The molecule has 0 aliphatic heterocycles. The summed E-state index contributed by atoms with van der Waals surface area (Å²) in [6.45, 7) is 2.48. The summed E-state index contributed by atoms with van der Waals surface area (Å²) in [4.78, 5) is 11.8. The minimum absolute atomic E-state index is 0.376. The van der Waals surface area contributed by atoms with Crippen molar-refractivity contribution in [1.82, 2.24) is 0 Å². The summed E-state index contributed by atoms with van der Waals surface area (Å²) in [6.07, 6.45) is 4.44. The van der Waals surface area contributed by atoms with E-state index in [4.69, 9.17) is 15.2 Å². The smallest absolute Gasteiger partial charge is 0.261 e. The van der Waals surface area contributed by atoms with Crippen molar-refractivity contribution in [2.24, 2.45) is 5.73 Å². The number of hydrogen-bond acceptors (Lipinski definition) is 3. The second-order valence-electron chi connectivity index (χ2n) is 4.90. The highest BCUT2D eigenvalue weighted by Crippen LogP contribution is 2.36. The summed E-state index contributed by atoms with van der Waals surface area (Å²) < 4.78 is 11.5. The van der Waals surface area contributed by atoms with Crippen molar-refractivity contribution in [3.8, 4) is 11.5 Å². The molecular formula is C15H21NO3. The molecule has 0 spiro atoms. The van der Waals surface area contributed by atoms with Crippen LogP contribution in [0.5, 0.6) is 11.5 Å². The minimum Gasteiger partial charge on any atom is -0.490 e. The van der Waals surface area contributed by atoms with E-state index in [9.17, 15) is 4.79 Å². The van der Waals surface area contributed by atoms with E-state index in [1.807, 2.05) is 31.2 Å². The minimum atomic E-state index is -0.870. The lowest BCUT2D eigenvalue weighted by Crippen LogP contribution is -2.50. The van der Waals surface area contributed by atoms with Crippen molar-refractivity contribution in [2.75, 3.05) is 6.61 Å². The lowest BCUT2D eigenvalue weighted by Gasteiger charge is -2.35. The number of carbonyl (C=O) groups excluding carboxylic acids is 1. The molecule has 0 atom stereocenters. The molecule has 1 saturated carbocycles. The first-order chi connectivity index (χ1) is 9.18. The fourth-order valence-electron chi connectivity index (χ4n) is 2.54. The molecule has 0 saturated heterocycles. The SMILES string of the molecule is CCOc1ccccc1OC1(C(N)=O)CCCCC1. The van der Waals surface area contributed by atoms with Crippen LogP contribution in [0.3, 0.4) is 0 Å². The predicted octanol–water partition coefficient (Wildman–Crippen LogP) is 2.65. The molecule has 4 heteroatoms. The van der Waals surface area contributed by atoms with Gasteiger partial charge in [-0.3, -0.25) is 4.79 Å². The maximum atomic E-state index is 11.8. The Balaban J connectivity index is 2.24. The normalized spacial score (nSPS) is 17.7. The monoisotopic (exact) mass is 263 g/mol. The fraction of sp³-hybridized carbons (Fsp3) is 0.533. The Morgan fingerprint density at radius 1 is 1.21 bits per heavy atom. The Labute approximate surface area is 113 Å². The Hall–Kier alpha value is -1.71. The maximum Gasteiger partial charge on any atom is 0.261 e. The highest BCUT2D eigenvalue weighted by Gasteiger charge is 2.40. The number of amides is 1. The number of nitrogens with two attached hydrogens (primary N) is 1. The standard InChI is InChI=1S/C15H21NO3/c1-2-18-12-8-4-5-9-13(12)19-15(14(16)17)10-6-3-7-11-15/h4-5,8-9H,2-3,6-7,10-11H2,1H3,(H2,16,17). The van der Waals surface area contributed by atoms with Crippen LogP contribution in [0.1, 0.15) is 39.0 Å². The van der Waals surface area contributed by atoms with Gasteiger partial charge in [0.05, 0.1) is 6.61 Å². The Morgan fingerprint density at radius 2 is 1.84 bits per heavy atom. The number of rotatable bonds is 5. The van der Waals surface area contributed by atoms with E-state index in [1.54, 1.807) is 0 Å². The predicted molar refractivity (Wildman–Crippen MR) is 73.2 cm³/mol. The molecule has 0 heterocycles. The average molecular weight is 263 g/mol. The van der Waals surface area contributed by atoms with Gasteiger partial charge in [0, 0.05) is 0 Å². The molecule has 1 amide bonds.